The van der Waals surface area contributed by atoms with Crippen LogP contribution in [0.25, 0.3) is 11.3 Å². The number of rotatable bonds is 6. The highest BCUT2D eigenvalue weighted by molar-refractivity contribution is 5.61. The summed E-state index contributed by atoms with van der Waals surface area (Å²) in [4.78, 5) is 3.97. The van der Waals surface area contributed by atoms with Crippen molar-refractivity contribution in [3.63, 3.8) is 0 Å². The summed E-state index contributed by atoms with van der Waals surface area (Å²) in [7, 11) is 0. The van der Waals surface area contributed by atoms with Crippen LogP contribution in [0.4, 0.5) is 22.0 Å². The first-order chi connectivity index (χ1) is 12.1. The number of nitrogens with zero attached hydrogens (tertiary/aromatic N) is 1. The molecule has 2 rings (SSSR count). The Bertz CT molecular complexity index is 762. The predicted octanol–water partition coefficient (Wildman–Crippen LogP) is 4.15. The highest BCUT2D eigenvalue weighted by atomic mass is 19.4. The van der Waals surface area contributed by atoms with Crippen molar-refractivity contribution in [3.05, 3.63) is 53.2 Å². The van der Waals surface area contributed by atoms with Crippen molar-refractivity contribution in [3.8, 4) is 11.3 Å². The Morgan fingerprint density at radius 2 is 1.81 bits per heavy atom. The molecule has 0 bridgehead atoms. The first-order valence-electron chi connectivity index (χ1n) is 8.01. The quantitative estimate of drug-likeness (QED) is 0.747. The number of alkyl halides is 3. The van der Waals surface area contributed by atoms with E-state index in [2.05, 4.69) is 10.3 Å². The summed E-state index contributed by atoms with van der Waals surface area (Å²) >= 11 is 0. The second-order valence-corrected chi connectivity index (χ2v) is 6.20. The molecule has 0 aliphatic rings. The molecule has 2 N–H and O–H groups in total. The van der Waals surface area contributed by atoms with Gasteiger partial charge >= 0.3 is 6.18 Å². The van der Waals surface area contributed by atoms with Crippen molar-refractivity contribution >= 4 is 0 Å². The molecule has 0 saturated heterocycles. The summed E-state index contributed by atoms with van der Waals surface area (Å²) in [5.74, 6) is -2.05. The fourth-order valence-electron chi connectivity index (χ4n) is 2.45. The van der Waals surface area contributed by atoms with Gasteiger partial charge in [0, 0.05) is 18.2 Å². The van der Waals surface area contributed by atoms with E-state index in [1.165, 1.54) is 0 Å². The zero-order valence-corrected chi connectivity index (χ0v) is 14.2. The van der Waals surface area contributed by atoms with Crippen LogP contribution >= 0.6 is 0 Å². The third-order valence-corrected chi connectivity index (χ3v) is 4.03. The highest BCUT2D eigenvalue weighted by Crippen LogP contribution is 2.35. The molecule has 26 heavy (non-hydrogen) atoms. The monoisotopic (exact) mass is 374 g/mol. The zero-order valence-electron chi connectivity index (χ0n) is 14.2. The van der Waals surface area contributed by atoms with Gasteiger partial charge in [0.15, 0.2) is 0 Å². The van der Waals surface area contributed by atoms with Crippen LogP contribution in [0.2, 0.25) is 0 Å². The summed E-state index contributed by atoms with van der Waals surface area (Å²) in [5.41, 5.74) is -1.93. The van der Waals surface area contributed by atoms with Gasteiger partial charge in [-0.3, -0.25) is 0 Å². The summed E-state index contributed by atoms with van der Waals surface area (Å²) in [6.45, 7) is 3.52. The highest BCUT2D eigenvalue weighted by Gasteiger charge is 2.35. The Hall–Kier alpha value is -2.06. The van der Waals surface area contributed by atoms with E-state index in [0.717, 1.165) is 24.3 Å². The predicted molar refractivity (Wildman–Crippen MR) is 87.1 cm³/mol. The normalized spacial score (nSPS) is 13.3. The fourth-order valence-corrected chi connectivity index (χ4v) is 2.45. The van der Waals surface area contributed by atoms with Crippen molar-refractivity contribution in [1.29, 1.82) is 0 Å². The van der Waals surface area contributed by atoms with Crippen LogP contribution in [0.5, 0.6) is 0 Å². The van der Waals surface area contributed by atoms with Gasteiger partial charge in [-0.15, -0.1) is 0 Å². The summed E-state index contributed by atoms with van der Waals surface area (Å²) in [6, 6.07) is 4.73. The minimum Gasteiger partial charge on any atom is -0.395 e. The molecular weight excluding hydrogens is 355 g/mol. The molecule has 0 fully saturated rings. The maximum Gasteiger partial charge on any atom is 0.419 e. The first kappa shape index (κ1) is 20.3. The van der Waals surface area contributed by atoms with Gasteiger partial charge in [0.05, 0.1) is 23.6 Å². The van der Waals surface area contributed by atoms with E-state index in [0.29, 0.717) is 6.07 Å². The molecule has 0 spiro atoms. The number of pyridine rings is 1. The second-order valence-electron chi connectivity index (χ2n) is 6.20. The molecular formula is C18H19F5N2O. The Balaban J connectivity index is 2.36. The Morgan fingerprint density at radius 3 is 2.38 bits per heavy atom. The van der Waals surface area contributed by atoms with Crippen molar-refractivity contribution in [2.45, 2.75) is 32.6 Å². The zero-order chi connectivity index (χ0) is 19.5. The molecule has 8 heteroatoms. The second kappa shape index (κ2) is 8.09. The van der Waals surface area contributed by atoms with E-state index in [1.807, 2.05) is 13.8 Å². The van der Waals surface area contributed by atoms with E-state index in [4.69, 9.17) is 0 Å². The summed E-state index contributed by atoms with van der Waals surface area (Å²) < 4.78 is 66.8. The molecule has 3 nitrogen and oxygen atoms in total. The van der Waals surface area contributed by atoms with Crippen molar-refractivity contribution < 1.29 is 27.1 Å². The topological polar surface area (TPSA) is 45.1 Å². The molecule has 142 valence electrons. The summed E-state index contributed by atoms with van der Waals surface area (Å²) in [6.07, 6.45) is -4.84. The van der Waals surface area contributed by atoms with Crippen LogP contribution in [0.15, 0.2) is 30.3 Å². The van der Waals surface area contributed by atoms with E-state index < -0.39 is 23.4 Å². The minimum absolute atomic E-state index is 0.0519. The maximum atomic E-state index is 14.3. The number of benzene rings is 1. The van der Waals surface area contributed by atoms with Gasteiger partial charge in [-0.25, -0.2) is 13.8 Å². The lowest BCUT2D eigenvalue weighted by atomic mass is 10.0. The van der Waals surface area contributed by atoms with Gasteiger partial charge in [-0.05, 0) is 30.2 Å². The Labute approximate surface area is 147 Å². The lowest BCUT2D eigenvalue weighted by Gasteiger charge is -2.20. The average Bonchev–Trinajstić information content (AvgIpc) is 2.56. The van der Waals surface area contributed by atoms with E-state index >= 15 is 0 Å². The van der Waals surface area contributed by atoms with Gasteiger partial charge in [0.25, 0.3) is 0 Å². The molecule has 0 amide bonds. The first-order valence-corrected chi connectivity index (χ1v) is 8.01. The molecule has 0 saturated carbocycles. The molecule has 1 atom stereocenters. The SMILES string of the molecule is CC(C)[C@H](CO)NCc1nc(-c2cccc(C(F)(F)F)c2F)ccc1F. The number of aliphatic hydroxyl groups is 1. The molecule has 0 aliphatic heterocycles. The van der Waals surface area contributed by atoms with Gasteiger partial charge in [-0.2, -0.15) is 13.2 Å². The van der Waals surface area contributed by atoms with Crippen molar-refractivity contribution in [2.24, 2.45) is 5.92 Å². The van der Waals surface area contributed by atoms with Crippen LogP contribution < -0.4 is 5.32 Å². The van der Waals surface area contributed by atoms with Crippen LogP contribution in [-0.2, 0) is 12.7 Å². The largest absolute Gasteiger partial charge is 0.419 e. The number of halogens is 5. The van der Waals surface area contributed by atoms with Crippen LogP contribution in [-0.4, -0.2) is 22.7 Å². The number of nitrogens with one attached hydrogen (secondary N) is 1. The van der Waals surface area contributed by atoms with E-state index in [1.54, 1.807) is 0 Å². The molecule has 1 aromatic heterocycles. The number of aliphatic hydroxyl groups excluding tert-OH is 1. The maximum absolute atomic E-state index is 14.3. The number of hydrogen-bond acceptors (Lipinski definition) is 3. The minimum atomic E-state index is -4.84. The third-order valence-electron chi connectivity index (χ3n) is 4.03. The molecule has 0 unspecified atom stereocenters. The van der Waals surface area contributed by atoms with Crippen LogP contribution in [0.3, 0.4) is 0 Å². The third kappa shape index (κ3) is 4.56. The van der Waals surface area contributed by atoms with E-state index in [9.17, 15) is 27.1 Å². The molecule has 0 radical (unpaired) electrons. The standard InChI is InChI=1S/C18H19F5N2O/c1-10(2)16(9-26)24-8-15-13(19)6-7-14(25-15)11-4-3-5-12(17(11)20)18(21,22)23/h3-7,10,16,24,26H,8-9H2,1-2H3/t16-/m0/s1. The Kier molecular flexibility index (Phi) is 6.30. The smallest absolute Gasteiger partial charge is 0.395 e. The average molecular weight is 374 g/mol. The van der Waals surface area contributed by atoms with Gasteiger partial charge in [-0.1, -0.05) is 19.9 Å². The van der Waals surface area contributed by atoms with Gasteiger partial charge in [0.1, 0.15) is 11.6 Å². The van der Waals surface area contributed by atoms with Gasteiger partial charge in [0.2, 0.25) is 0 Å². The fraction of sp³-hybridized carbons (Fsp3) is 0.389. The number of aromatic nitrogens is 1. The van der Waals surface area contributed by atoms with Crippen molar-refractivity contribution in [2.75, 3.05) is 6.61 Å². The van der Waals surface area contributed by atoms with Crippen molar-refractivity contribution in [1.82, 2.24) is 10.3 Å². The summed E-state index contributed by atoms with van der Waals surface area (Å²) in [5, 5.41) is 12.2. The molecule has 1 heterocycles. The number of hydrogen-bond donors (Lipinski definition) is 2. The Morgan fingerprint density at radius 1 is 1.12 bits per heavy atom. The molecule has 2 aromatic rings. The lowest BCUT2D eigenvalue weighted by Crippen LogP contribution is -2.37. The molecule has 1 aromatic carbocycles. The molecule has 0 aliphatic carbocycles. The van der Waals surface area contributed by atoms with Crippen LogP contribution in [0.1, 0.15) is 25.1 Å². The van der Waals surface area contributed by atoms with Gasteiger partial charge < -0.3 is 10.4 Å². The van der Waals surface area contributed by atoms with E-state index in [-0.39, 0.29) is 42.1 Å². The lowest BCUT2D eigenvalue weighted by molar-refractivity contribution is -0.139. The van der Waals surface area contributed by atoms with Crippen LogP contribution in [0, 0.1) is 17.6 Å².